The molecule has 4 aromatic rings. The lowest BCUT2D eigenvalue weighted by molar-refractivity contribution is -0.113. The lowest BCUT2D eigenvalue weighted by Crippen LogP contribution is -2.17. The molecule has 0 unspecified atom stereocenters. The van der Waals surface area contributed by atoms with Crippen LogP contribution in [0.25, 0.3) is 11.4 Å². The van der Waals surface area contributed by atoms with Gasteiger partial charge in [-0.3, -0.25) is 9.52 Å². The Morgan fingerprint density at radius 2 is 1.63 bits per heavy atom. The van der Waals surface area contributed by atoms with Crippen LogP contribution in [-0.2, 0) is 14.8 Å². The van der Waals surface area contributed by atoms with Crippen molar-refractivity contribution in [2.45, 2.75) is 23.9 Å². The van der Waals surface area contributed by atoms with E-state index in [2.05, 4.69) is 30.2 Å². The van der Waals surface area contributed by atoms with Crippen molar-refractivity contribution in [3.05, 3.63) is 54.0 Å². The van der Waals surface area contributed by atoms with Crippen molar-refractivity contribution in [2.24, 2.45) is 0 Å². The van der Waals surface area contributed by atoms with Crippen LogP contribution in [-0.4, -0.2) is 66.2 Å². The van der Waals surface area contributed by atoms with Gasteiger partial charge in [0, 0.05) is 23.0 Å². The Balaban J connectivity index is 1.39. The Bertz CT molecular complexity index is 1630. The highest BCUT2D eigenvalue weighted by Gasteiger charge is 2.20. The molecule has 14 nitrogen and oxygen atoms in total. The molecule has 0 atom stereocenters. The molecule has 0 bridgehead atoms. The Hall–Kier alpha value is -4.57. The maximum absolute atomic E-state index is 12.7. The van der Waals surface area contributed by atoms with Gasteiger partial charge < -0.3 is 25.4 Å². The molecular weight excluding hydrogens is 572 g/mol. The van der Waals surface area contributed by atoms with Crippen molar-refractivity contribution in [1.29, 1.82) is 0 Å². The largest absolute Gasteiger partial charge is 0.493 e. The minimum absolute atomic E-state index is 0.00866. The Morgan fingerprint density at radius 1 is 0.976 bits per heavy atom. The first kappa shape index (κ1) is 29.4. The van der Waals surface area contributed by atoms with Crippen LogP contribution >= 0.6 is 11.8 Å². The van der Waals surface area contributed by atoms with Crippen molar-refractivity contribution < 1.29 is 27.4 Å². The predicted octanol–water partition coefficient (Wildman–Crippen LogP) is 2.62. The predicted molar refractivity (Wildman–Crippen MR) is 153 cm³/mol. The van der Waals surface area contributed by atoms with Gasteiger partial charge in [-0.05, 0) is 50.2 Å². The number of aryl methyl sites for hydroxylation is 2. The van der Waals surface area contributed by atoms with Crippen LogP contribution in [0.1, 0.15) is 11.5 Å². The second-order valence-corrected chi connectivity index (χ2v) is 11.1. The summed E-state index contributed by atoms with van der Waals surface area (Å²) in [6.45, 7) is 3.42. The number of amides is 1. The molecule has 2 aromatic heterocycles. The van der Waals surface area contributed by atoms with Crippen molar-refractivity contribution in [1.82, 2.24) is 24.8 Å². The standard InChI is InChI=1S/C25H28N8O6S2/c1-14-10-21(28-15(2)27-14)32-41(35,36)18-8-6-17(7-9-18)29-22(34)13-40-25-31-30-24(33(25)26)16-11-19(37-3)23(39-5)20(12-16)38-4/h6-12H,13,26H2,1-5H3,(H,29,34)(H,27,28,32). The Morgan fingerprint density at radius 3 is 2.22 bits per heavy atom. The van der Waals surface area contributed by atoms with E-state index in [-0.39, 0.29) is 22.4 Å². The molecule has 0 spiro atoms. The molecule has 1 amide bonds. The van der Waals surface area contributed by atoms with Gasteiger partial charge in [0.1, 0.15) is 11.6 Å². The van der Waals surface area contributed by atoms with E-state index in [4.69, 9.17) is 20.1 Å². The van der Waals surface area contributed by atoms with Crippen molar-refractivity contribution in [3.8, 4) is 28.6 Å². The molecule has 41 heavy (non-hydrogen) atoms. The second kappa shape index (κ2) is 12.3. The van der Waals surface area contributed by atoms with Gasteiger partial charge in [0.25, 0.3) is 10.0 Å². The molecule has 4 N–H and O–H groups in total. The molecule has 0 aliphatic carbocycles. The zero-order chi connectivity index (χ0) is 29.7. The van der Waals surface area contributed by atoms with Crippen LogP contribution in [0.4, 0.5) is 11.5 Å². The van der Waals surface area contributed by atoms with Crippen LogP contribution in [0, 0.1) is 13.8 Å². The molecule has 0 aliphatic heterocycles. The molecule has 2 heterocycles. The number of carbonyl (C=O) groups excluding carboxylic acids is 1. The summed E-state index contributed by atoms with van der Waals surface area (Å²) in [6, 6.07) is 10.6. The third kappa shape index (κ3) is 6.78. The summed E-state index contributed by atoms with van der Waals surface area (Å²) in [5.41, 5.74) is 1.62. The highest BCUT2D eigenvalue weighted by molar-refractivity contribution is 7.99. The average molecular weight is 601 g/mol. The zero-order valence-corrected chi connectivity index (χ0v) is 24.5. The molecule has 0 saturated heterocycles. The number of benzene rings is 2. The number of thioether (sulfide) groups is 1. The first-order valence-corrected chi connectivity index (χ1v) is 14.4. The van der Waals surface area contributed by atoms with Crippen molar-refractivity contribution in [2.75, 3.05) is 43.0 Å². The molecule has 4 rings (SSSR count). The molecule has 216 valence electrons. The normalized spacial score (nSPS) is 11.1. The number of nitrogens with two attached hydrogens (primary N) is 1. The monoisotopic (exact) mass is 600 g/mol. The van der Waals surface area contributed by atoms with Gasteiger partial charge in [-0.25, -0.2) is 23.1 Å². The molecule has 0 aliphatic rings. The number of nitrogen functional groups attached to an aromatic ring is 1. The van der Waals surface area contributed by atoms with Gasteiger partial charge in [-0.15, -0.1) is 10.2 Å². The lowest BCUT2D eigenvalue weighted by atomic mass is 10.1. The summed E-state index contributed by atoms with van der Waals surface area (Å²) in [4.78, 5) is 20.8. The summed E-state index contributed by atoms with van der Waals surface area (Å²) in [6.07, 6.45) is 0. The van der Waals surface area contributed by atoms with E-state index in [1.54, 1.807) is 26.0 Å². The number of carbonyl (C=O) groups is 1. The van der Waals surface area contributed by atoms with E-state index in [1.807, 2.05) is 0 Å². The number of rotatable bonds is 11. The minimum Gasteiger partial charge on any atom is -0.493 e. The Labute approximate surface area is 240 Å². The quantitative estimate of drug-likeness (QED) is 0.169. The number of hydrogen-bond acceptors (Lipinski definition) is 12. The van der Waals surface area contributed by atoms with Gasteiger partial charge in [0.2, 0.25) is 16.8 Å². The molecule has 0 saturated carbocycles. The molecular formula is C25H28N8O6S2. The van der Waals surface area contributed by atoms with E-state index in [1.165, 1.54) is 56.3 Å². The number of sulfonamides is 1. The number of nitrogens with zero attached hydrogens (tertiary/aromatic N) is 5. The zero-order valence-electron chi connectivity index (χ0n) is 22.8. The fourth-order valence-electron chi connectivity index (χ4n) is 3.79. The van der Waals surface area contributed by atoms with E-state index in [0.29, 0.717) is 51.0 Å². The average Bonchev–Trinajstić information content (AvgIpc) is 3.30. The van der Waals surface area contributed by atoms with Gasteiger partial charge in [-0.1, -0.05) is 11.8 Å². The van der Waals surface area contributed by atoms with E-state index in [9.17, 15) is 13.2 Å². The molecule has 2 aromatic carbocycles. The number of methoxy groups -OCH3 is 3. The maximum Gasteiger partial charge on any atom is 0.263 e. The molecule has 0 radical (unpaired) electrons. The second-order valence-electron chi connectivity index (χ2n) is 8.50. The van der Waals surface area contributed by atoms with Gasteiger partial charge in [0.15, 0.2) is 17.3 Å². The highest BCUT2D eigenvalue weighted by atomic mass is 32.2. The maximum atomic E-state index is 12.7. The lowest BCUT2D eigenvalue weighted by Gasteiger charge is -2.13. The minimum atomic E-state index is -3.89. The third-order valence-corrected chi connectivity index (χ3v) is 7.89. The summed E-state index contributed by atoms with van der Waals surface area (Å²) < 4.78 is 45.3. The molecule has 16 heteroatoms. The fourth-order valence-corrected chi connectivity index (χ4v) is 5.44. The number of hydrogen-bond donors (Lipinski definition) is 3. The van der Waals surface area contributed by atoms with Gasteiger partial charge in [0.05, 0.1) is 32.0 Å². The fraction of sp³-hybridized carbons (Fsp3) is 0.240. The van der Waals surface area contributed by atoms with Crippen LogP contribution in [0.5, 0.6) is 17.2 Å². The van der Waals surface area contributed by atoms with Crippen LogP contribution < -0.4 is 30.1 Å². The Kier molecular flexibility index (Phi) is 8.83. The topological polar surface area (TPSA) is 185 Å². The van der Waals surface area contributed by atoms with Crippen molar-refractivity contribution >= 4 is 39.2 Å². The van der Waals surface area contributed by atoms with Gasteiger partial charge in [-0.2, -0.15) is 0 Å². The van der Waals surface area contributed by atoms with Crippen LogP contribution in [0.3, 0.4) is 0 Å². The summed E-state index contributed by atoms with van der Waals surface area (Å²) in [7, 11) is 0.612. The van der Waals surface area contributed by atoms with Crippen LogP contribution in [0.15, 0.2) is 52.5 Å². The van der Waals surface area contributed by atoms with Gasteiger partial charge >= 0.3 is 0 Å². The summed E-state index contributed by atoms with van der Waals surface area (Å²) in [5, 5.41) is 11.2. The van der Waals surface area contributed by atoms with Crippen molar-refractivity contribution in [3.63, 3.8) is 0 Å². The first-order valence-electron chi connectivity index (χ1n) is 11.9. The first-order chi connectivity index (χ1) is 19.5. The van der Waals surface area contributed by atoms with E-state index in [0.717, 1.165) is 11.8 Å². The number of ether oxygens (including phenoxy) is 3. The summed E-state index contributed by atoms with van der Waals surface area (Å²) >= 11 is 1.08. The van der Waals surface area contributed by atoms with E-state index < -0.39 is 10.0 Å². The highest BCUT2D eigenvalue weighted by Crippen LogP contribution is 2.41. The SMILES string of the molecule is COc1cc(-c2nnc(SCC(=O)Nc3ccc(S(=O)(=O)Nc4cc(C)nc(C)n4)cc3)n2N)cc(OC)c1OC. The third-order valence-electron chi connectivity index (χ3n) is 5.57. The molecule has 0 fully saturated rings. The van der Waals surface area contributed by atoms with Crippen LogP contribution in [0.2, 0.25) is 0 Å². The van der Waals surface area contributed by atoms with E-state index >= 15 is 0 Å². The smallest absolute Gasteiger partial charge is 0.263 e. The number of anilines is 2. The summed E-state index contributed by atoms with van der Waals surface area (Å²) in [5.74, 6) is 8.04. The number of nitrogens with one attached hydrogen (secondary N) is 2. The number of aromatic nitrogens is 5.